The number of nitrogens with zero attached hydrogens (tertiary/aromatic N) is 3. The molecule has 0 bridgehead atoms. The Hall–Kier alpha value is -2.73. The van der Waals surface area contributed by atoms with Crippen molar-refractivity contribution >= 4 is 5.95 Å². The Bertz CT molecular complexity index is 905. The molecule has 8 nitrogen and oxygen atoms in total. The van der Waals surface area contributed by atoms with E-state index in [0.717, 1.165) is 68.7 Å². The standard InChI is InChI=1S/C22H28N6O2/c1-29-11-10-24-18-3-5-19(6-4-18)27-22-25-14-17(13-23)21(28-22)16-2-7-20-15(12-16)8-9-26-30-20/h2,7,12,14,18-19,24,26H,3-6,8-11H2,1H3,(H,25,27,28). The Balaban J connectivity index is 1.44. The highest BCUT2D eigenvalue weighted by molar-refractivity contribution is 5.69. The lowest BCUT2D eigenvalue weighted by molar-refractivity contribution is 0.180. The summed E-state index contributed by atoms with van der Waals surface area (Å²) in [6.07, 6.45) is 6.84. The van der Waals surface area contributed by atoms with Gasteiger partial charge in [-0.1, -0.05) is 0 Å². The molecular weight excluding hydrogens is 380 g/mol. The van der Waals surface area contributed by atoms with Gasteiger partial charge in [0.05, 0.1) is 24.1 Å². The number of fused-ring (bicyclic) bond motifs is 1. The molecule has 0 spiro atoms. The van der Waals surface area contributed by atoms with Crippen LogP contribution in [0.3, 0.4) is 0 Å². The van der Waals surface area contributed by atoms with Crippen molar-refractivity contribution in [3.63, 3.8) is 0 Å². The molecule has 4 rings (SSSR count). The molecule has 0 atom stereocenters. The van der Waals surface area contributed by atoms with Crippen LogP contribution < -0.4 is 21.0 Å². The van der Waals surface area contributed by atoms with Crippen LogP contribution in [0.5, 0.6) is 5.75 Å². The van der Waals surface area contributed by atoms with Gasteiger partial charge in [0.1, 0.15) is 11.8 Å². The number of ether oxygens (including phenoxy) is 1. The molecule has 1 aliphatic carbocycles. The monoisotopic (exact) mass is 408 g/mol. The van der Waals surface area contributed by atoms with Gasteiger partial charge in [-0.2, -0.15) is 10.7 Å². The summed E-state index contributed by atoms with van der Waals surface area (Å²) in [6, 6.07) is 9.02. The van der Waals surface area contributed by atoms with Crippen molar-refractivity contribution in [1.82, 2.24) is 20.8 Å². The molecule has 2 aromatic rings. The Labute approximate surface area is 177 Å². The van der Waals surface area contributed by atoms with Gasteiger partial charge in [-0.15, -0.1) is 0 Å². The molecule has 1 aromatic heterocycles. The highest BCUT2D eigenvalue weighted by Gasteiger charge is 2.22. The molecule has 3 N–H and O–H groups in total. The van der Waals surface area contributed by atoms with Crippen LogP contribution in [0.25, 0.3) is 11.3 Å². The first-order valence-corrected chi connectivity index (χ1v) is 10.6. The summed E-state index contributed by atoms with van der Waals surface area (Å²) in [5.74, 6) is 1.40. The summed E-state index contributed by atoms with van der Waals surface area (Å²) in [5, 5.41) is 16.6. The third-order valence-corrected chi connectivity index (χ3v) is 5.72. The SMILES string of the molecule is COCCNC1CCC(Nc2ncc(C#N)c(-c3ccc4c(c3)CCNO4)n2)CC1. The number of benzene rings is 1. The number of aromatic nitrogens is 2. The third-order valence-electron chi connectivity index (χ3n) is 5.72. The molecule has 30 heavy (non-hydrogen) atoms. The van der Waals surface area contributed by atoms with Gasteiger partial charge in [-0.25, -0.2) is 9.97 Å². The zero-order valence-corrected chi connectivity index (χ0v) is 17.3. The Kier molecular flexibility index (Phi) is 6.74. The van der Waals surface area contributed by atoms with E-state index in [1.165, 1.54) is 0 Å². The van der Waals surface area contributed by atoms with E-state index in [0.29, 0.717) is 29.3 Å². The number of hydrogen-bond acceptors (Lipinski definition) is 8. The first-order chi connectivity index (χ1) is 14.8. The topological polar surface area (TPSA) is 104 Å². The van der Waals surface area contributed by atoms with Crippen molar-refractivity contribution in [1.29, 1.82) is 5.26 Å². The molecule has 0 amide bonds. The van der Waals surface area contributed by atoms with Crippen LogP contribution in [0.15, 0.2) is 24.4 Å². The number of hydrogen-bond donors (Lipinski definition) is 3. The summed E-state index contributed by atoms with van der Waals surface area (Å²) in [4.78, 5) is 14.6. The number of rotatable bonds is 7. The van der Waals surface area contributed by atoms with E-state index in [1.807, 2.05) is 12.1 Å². The van der Waals surface area contributed by atoms with Crippen molar-refractivity contribution in [3.05, 3.63) is 35.5 Å². The molecule has 158 valence electrons. The predicted octanol–water partition coefficient (Wildman–Crippen LogP) is 2.41. The van der Waals surface area contributed by atoms with Crippen molar-refractivity contribution in [3.8, 4) is 23.1 Å². The van der Waals surface area contributed by atoms with Gasteiger partial charge in [0, 0.05) is 37.8 Å². The van der Waals surface area contributed by atoms with Gasteiger partial charge >= 0.3 is 0 Å². The minimum absolute atomic E-state index is 0.342. The fourth-order valence-electron chi connectivity index (χ4n) is 4.08. The third kappa shape index (κ3) is 4.87. The summed E-state index contributed by atoms with van der Waals surface area (Å²) in [7, 11) is 1.73. The number of nitrogens with one attached hydrogen (secondary N) is 3. The Morgan fingerprint density at radius 2 is 2.10 bits per heavy atom. The van der Waals surface area contributed by atoms with E-state index in [1.54, 1.807) is 13.3 Å². The lowest BCUT2D eigenvalue weighted by Gasteiger charge is -2.29. The molecule has 0 radical (unpaired) electrons. The largest absolute Gasteiger partial charge is 0.408 e. The average Bonchev–Trinajstić information content (AvgIpc) is 2.80. The first kappa shape index (κ1) is 20.5. The fourth-order valence-corrected chi connectivity index (χ4v) is 4.08. The first-order valence-electron chi connectivity index (χ1n) is 10.6. The zero-order valence-electron chi connectivity index (χ0n) is 17.3. The Morgan fingerprint density at radius 1 is 1.27 bits per heavy atom. The van der Waals surface area contributed by atoms with Crippen LogP contribution in [-0.4, -0.2) is 48.9 Å². The van der Waals surface area contributed by atoms with E-state index in [4.69, 9.17) is 14.6 Å². The van der Waals surface area contributed by atoms with Crippen molar-refractivity contribution in [2.45, 2.75) is 44.2 Å². The second-order valence-corrected chi connectivity index (χ2v) is 7.78. The molecule has 1 aromatic carbocycles. The van der Waals surface area contributed by atoms with Crippen LogP contribution in [0.4, 0.5) is 5.95 Å². The summed E-state index contributed by atoms with van der Waals surface area (Å²) < 4.78 is 5.11. The number of methoxy groups -OCH3 is 1. The molecule has 2 heterocycles. The van der Waals surface area contributed by atoms with Crippen LogP contribution in [0.2, 0.25) is 0 Å². The number of hydroxylamine groups is 1. The van der Waals surface area contributed by atoms with Crippen LogP contribution in [-0.2, 0) is 11.2 Å². The van der Waals surface area contributed by atoms with Crippen LogP contribution >= 0.6 is 0 Å². The zero-order chi connectivity index (χ0) is 20.8. The minimum Gasteiger partial charge on any atom is -0.408 e. The molecule has 8 heteroatoms. The molecule has 1 aliphatic heterocycles. The summed E-state index contributed by atoms with van der Waals surface area (Å²) in [6.45, 7) is 2.40. The maximum atomic E-state index is 9.55. The van der Waals surface area contributed by atoms with Gasteiger partial charge < -0.3 is 20.2 Å². The van der Waals surface area contributed by atoms with Gasteiger partial charge in [-0.3, -0.25) is 0 Å². The lowest BCUT2D eigenvalue weighted by atomic mass is 9.91. The molecule has 1 fully saturated rings. The Morgan fingerprint density at radius 3 is 2.90 bits per heavy atom. The molecule has 1 saturated carbocycles. The van der Waals surface area contributed by atoms with E-state index >= 15 is 0 Å². The van der Waals surface area contributed by atoms with Gasteiger partial charge in [-0.05, 0) is 55.9 Å². The maximum absolute atomic E-state index is 9.55. The predicted molar refractivity (Wildman–Crippen MR) is 114 cm³/mol. The second-order valence-electron chi connectivity index (χ2n) is 7.78. The highest BCUT2D eigenvalue weighted by Crippen LogP contribution is 2.30. The van der Waals surface area contributed by atoms with E-state index in [-0.39, 0.29) is 0 Å². The van der Waals surface area contributed by atoms with E-state index < -0.39 is 0 Å². The van der Waals surface area contributed by atoms with Crippen LogP contribution in [0.1, 0.15) is 36.8 Å². The molecule has 0 unspecified atom stereocenters. The lowest BCUT2D eigenvalue weighted by Crippen LogP contribution is -2.38. The van der Waals surface area contributed by atoms with E-state index in [2.05, 4.69) is 33.2 Å². The molecule has 2 aliphatic rings. The van der Waals surface area contributed by atoms with Gasteiger partial charge in [0.2, 0.25) is 5.95 Å². The van der Waals surface area contributed by atoms with Crippen LogP contribution in [0, 0.1) is 11.3 Å². The highest BCUT2D eigenvalue weighted by atomic mass is 16.6. The van der Waals surface area contributed by atoms with Crippen molar-refractivity contribution in [2.24, 2.45) is 0 Å². The molecule has 0 saturated heterocycles. The van der Waals surface area contributed by atoms with Gasteiger partial charge in [0.25, 0.3) is 0 Å². The average molecular weight is 409 g/mol. The number of nitriles is 1. The van der Waals surface area contributed by atoms with Gasteiger partial charge in [0.15, 0.2) is 0 Å². The summed E-state index contributed by atoms with van der Waals surface area (Å²) >= 11 is 0. The maximum Gasteiger partial charge on any atom is 0.223 e. The fraction of sp³-hybridized carbons (Fsp3) is 0.500. The van der Waals surface area contributed by atoms with E-state index in [9.17, 15) is 5.26 Å². The van der Waals surface area contributed by atoms with Crippen molar-refractivity contribution < 1.29 is 9.57 Å². The summed E-state index contributed by atoms with van der Waals surface area (Å²) in [5.41, 5.74) is 6.05. The minimum atomic E-state index is 0.342. The molecular formula is C22H28N6O2. The second kappa shape index (κ2) is 9.85. The smallest absolute Gasteiger partial charge is 0.223 e. The van der Waals surface area contributed by atoms with Crippen molar-refractivity contribution in [2.75, 3.05) is 32.1 Å². The normalized spacial score (nSPS) is 20.7. The number of anilines is 1. The quantitative estimate of drug-likeness (QED) is 0.600.